The van der Waals surface area contributed by atoms with Crippen molar-refractivity contribution in [3.63, 3.8) is 0 Å². The van der Waals surface area contributed by atoms with Crippen LogP contribution in [0.1, 0.15) is 26.3 Å². The fourth-order valence-electron chi connectivity index (χ4n) is 2.01. The molecular weight excluding hydrogens is 312 g/mol. The van der Waals surface area contributed by atoms with Gasteiger partial charge in [0.2, 0.25) is 5.91 Å². The molecule has 2 heterocycles. The molecule has 0 bridgehead atoms. The van der Waals surface area contributed by atoms with Crippen molar-refractivity contribution in [2.75, 3.05) is 17.3 Å². The van der Waals surface area contributed by atoms with E-state index in [4.69, 9.17) is 0 Å². The average molecular weight is 330 g/mol. The van der Waals surface area contributed by atoms with Crippen molar-refractivity contribution in [1.82, 2.24) is 20.1 Å². The first kappa shape index (κ1) is 16.2. The number of hydrogen-bond acceptors (Lipinski definition) is 6. The predicted molar refractivity (Wildman–Crippen MR) is 81.6 cm³/mol. The molecule has 1 aliphatic rings. The molecule has 1 amide bonds. The number of carbonyl (C=O) groups excluding carboxylic acids is 1. The first-order valence-electron chi connectivity index (χ1n) is 6.59. The Kier molecular flexibility index (Phi) is 5.15. The van der Waals surface area contributed by atoms with Crippen LogP contribution >= 0.6 is 23.5 Å². The molecule has 21 heavy (non-hydrogen) atoms. The van der Waals surface area contributed by atoms with E-state index in [0.29, 0.717) is 17.3 Å². The first-order chi connectivity index (χ1) is 9.94. The highest BCUT2D eigenvalue weighted by Crippen LogP contribution is 2.28. The second-order valence-electron chi connectivity index (χ2n) is 5.14. The Morgan fingerprint density at radius 3 is 2.95 bits per heavy atom. The normalized spacial score (nSPS) is 21.7. The second-order valence-corrected chi connectivity index (χ2v) is 7.19. The number of carboxylic acid groups (broad SMARTS) is 1. The van der Waals surface area contributed by atoms with Gasteiger partial charge in [-0.1, -0.05) is 11.8 Å². The van der Waals surface area contributed by atoms with E-state index in [2.05, 4.69) is 15.5 Å². The van der Waals surface area contributed by atoms with Crippen LogP contribution in [0.25, 0.3) is 0 Å². The zero-order valence-corrected chi connectivity index (χ0v) is 13.5. The van der Waals surface area contributed by atoms with Crippen molar-refractivity contribution < 1.29 is 14.7 Å². The van der Waals surface area contributed by atoms with Crippen molar-refractivity contribution in [2.45, 2.75) is 37.0 Å². The van der Waals surface area contributed by atoms with E-state index < -0.39 is 11.5 Å². The molecule has 0 radical (unpaired) electrons. The molecule has 0 saturated carbocycles. The fourth-order valence-corrected chi connectivity index (χ4v) is 4.18. The number of thioether (sulfide) groups is 2. The highest BCUT2D eigenvalue weighted by molar-refractivity contribution is 8.00. The SMILES string of the molecule is CC(C)n1cnnc1SCC(=O)NC1(C(=O)O)CCSC1. The summed E-state index contributed by atoms with van der Waals surface area (Å²) in [5.41, 5.74) is -1.12. The second kappa shape index (κ2) is 6.69. The van der Waals surface area contributed by atoms with E-state index in [1.54, 1.807) is 18.1 Å². The predicted octanol–water partition coefficient (Wildman–Crippen LogP) is 1.03. The van der Waals surface area contributed by atoms with E-state index >= 15 is 0 Å². The van der Waals surface area contributed by atoms with Crippen LogP contribution in [0.3, 0.4) is 0 Å². The third-order valence-electron chi connectivity index (χ3n) is 3.24. The summed E-state index contributed by atoms with van der Waals surface area (Å²) in [4.78, 5) is 23.4. The van der Waals surface area contributed by atoms with Gasteiger partial charge in [0.1, 0.15) is 11.9 Å². The van der Waals surface area contributed by atoms with Crippen molar-refractivity contribution in [3.05, 3.63) is 6.33 Å². The third-order valence-corrected chi connectivity index (χ3v) is 5.39. The number of nitrogens with zero attached hydrogens (tertiary/aromatic N) is 3. The minimum absolute atomic E-state index is 0.130. The summed E-state index contributed by atoms with van der Waals surface area (Å²) in [6.07, 6.45) is 2.09. The molecule has 0 spiro atoms. The minimum Gasteiger partial charge on any atom is -0.479 e. The molecule has 0 aromatic carbocycles. The monoisotopic (exact) mass is 330 g/mol. The third kappa shape index (κ3) is 3.70. The summed E-state index contributed by atoms with van der Waals surface area (Å²) in [7, 11) is 0. The summed E-state index contributed by atoms with van der Waals surface area (Å²) in [6.45, 7) is 4.01. The maximum atomic E-state index is 12.0. The van der Waals surface area contributed by atoms with Gasteiger partial charge in [0.25, 0.3) is 0 Å². The molecule has 1 unspecified atom stereocenters. The molecule has 116 valence electrons. The Bertz CT molecular complexity index is 526. The van der Waals surface area contributed by atoms with E-state index in [-0.39, 0.29) is 17.7 Å². The van der Waals surface area contributed by atoms with Gasteiger partial charge in [-0.05, 0) is 26.0 Å². The van der Waals surface area contributed by atoms with Crippen LogP contribution in [0.2, 0.25) is 0 Å². The molecule has 1 fully saturated rings. The zero-order chi connectivity index (χ0) is 15.5. The molecule has 0 aliphatic carbocycles. The summed E-state index contributed by atoms with van der Waals surface area (Å²) in [6, 6.07) is 0.210. The lowest BCUT2D eigenvalue weighted by Gasteiger charge is -2.24. The lowest BCUT2D eigenvalue weighted by atomic mass is 9.99. The van der Waals surface area contributed by atoms with E-state index in [1.165, 1.54) is 11.8 Å². The molecule has 2 rings (SSSR count). The maximum Gasteiger partial charge on any atom is 0.330 e. The van der Waals surface area contributed by atoms with Gasteiger partial charge in [-0.3, -0.25) is 4.79 Å². The summed E-state index contributed by atoms with van der Waals surface area (Å²) in [5.74, 6) is 0.0485. The van der Waals surface area contributed by atoms with Crippen LogP contribution < -0.4 is 5.32 Å². The van der Waals surface area contributed by atoms with Crippen molar-refractivity contribution in [2.24, 2.45) is 0 Å². The van der Waals surface area contributed by atoms with Gasteiger partial charge in [-0.25, -0.2) is 4.79 Å². The molecule has 1 aromatic rings. The van der Waals surface area contributed by atoms with Gasteiger partial charge in [-0.15, -0.1) is 10.2 Å². The summed E-state index contributed by atoms with van der Waals surface area (Å²) in [5, 5.41) is 20.4. The first-order valence-corrected chi connectivity index (χ1v) is 8.73. The van der Waals surface area contributed by atoms with Gasteiger partial charge < -0.3 is 15.0 Å². The number of amides is 1. The van der Waals surface area contributed by atoms with E-state index in [0.717, 1.165) is 5.75 Å². The number of rotatable bonds is 6. The number of carbonyl (C=O) groups is 2. The van der Waals surface area contributed by atoms with Gasteiger partial charge in [0.15, 0.2) is 5.16 Å². The Labute approximate surface area is 131 Å². The van der Waals surface area contributed by atoms with Gasteiger partial charge in [0, 0.05) is 11.8 Å². The number of hydrogen-bond donors (Lipinski definition) is 2. The van der Waals surface area contributed by atoms with Crippen molar-refractivity contribution in [1.29, 1.82) is 0 Å². The summed E-state index contributed by atoms with van der Waals surface area (Å²) >= 11 is 2.81. The molecule has 2 N–H and O–H groups in total. The van der Waals surface area contributed by atoms with Crippen LogP contribution in [0.4, 0.5) is 0 Å². The number of carboxylic acids is 1. The Balaban J connectivity index is 1.93. The number of nitrogens with one attached hydrogen (secondary N) is 1. The molecule has 9 heteroatoms. The standard InChI is InChI=1S/C12H18N4O3S2/c1-8(2)16-7-13-15-11(16)21-5-9(17)14-12(10(18)19)3-4-20-6-12/h7-8H,3-6H2,1-2H3,(H,14,17)(H,18,19). The van der Waals surface area contributed by atoms with Gasteiger partial charge in [-0.2, -0.15) is 11.8 Å². The average Bonchev–Trinajstić information content (AvgIpc) is 3.05. The van der Waals surface area contributed by atoms with Crippen LogP contribution in [0.5, 0.6) is 0 Å². The number of aromatic nitrogens is 3. The molecule has 7 nitrogen and oxygen atoms in total. The van der Waals surface area contributed by atoms with Crippen LogP contribution in [-0.4, -0.2) is 54.5 Å². The van der Waals surface area contributed by atoms with Crippen LogP contribution in [0.15, 0.2) is 11.5 Å². The maximum absolute atomic E-state index is 12.0. The Morgan fingerprint density at radius 1 is 1.62 bits per heavy atom. The van der Waals surface area contributed by atoms with Crippen molar-refractivity contribution >= 4 is 35.4 Å². The molecule has 1 saturated heterocycles. The summed E-state index contributed by atoms with van der Waals surface area (Å²) < 4.78 is 1.87. The zero-order valence-electron chi connectivity index (χ0n) is 11.9. The molecule has 1 aromatic heterocycles. The highest BCUT2D eigenvalue weighted by Gasteiger charge is 2.43. The quantitative estimate of drug-likeness (QED) is 0.752. The molecule has 1 aliphatic heterocycles. The largest absolute Gasteiger partial charge is 0.479 e. The molecular formula is C12H18N4O3S2. The topological polar surface area (TPSA) is 97.1 Å². The molecule has 1 atom stereocenters. The van der Waals surface area contributed by atoms with E-state index in [1.807, 2.05) is 18.4 Å². The van der Waals surface area contributed by atoms with E-state index in [9.17, 15) is 14.7 Å². The lowest BCUT2D eigenvalue weighted by molar-refractivity contribution is -0.146. The van der Waals surface area contributed by atoms with Crippen LogP contribution in [-0.2, 0) is 9.59 Å². The lowest BCUT2D eigenvalue weighted by Crippen LogP contribution is -2.55. The minimum atomic E-state index is -1.12. The Hall–Kier alpha value is -1.22. The Morgan fingerprint density at radius 2 is 2.38 bits per heavy atom. The smallest absolute Gasteiger partial charge is 0.330 e. The van der Waals surface area contributed by atoms with Gasteiger partial charge in [0.05, 0.1) is 5.75 Å². The van der Waals surface area contributed by atoms with Crippen LogP contribution in [0, 0.1) is 0 Å². The van der Waals surface area contributed by atoms with Gasteiger partial charge >= 0.3 is 5.97 Å². The fraction of sp³-hybridized carbons (Fsp3) is 0.667. The number of aliphatic carboxylic acids is 1. The van der Waals surface area contributed by atoms with Crippen molar-refractivity contribution in [3.8, 4) is 0 Å². The highest BCUT2D eigenvalue weighted by atomic mass is 32.2.